The second kappa shape index (κ2) is 9.73. The number of methoxy groups -OCH3 is 1. The second-order valence-corrected chi connectivity index (χ2v) is 6.49. The monoisotopic (exact) mass is 376 g/mol. The lowest BCUT2D eigenvalue weighted by Crippen LogP contribution is -2.19. The Kier molecular flexibility index (Phi) is 7.37. The topological polar surface area (TPSA) is 92.6 Å². The third-order valence-corrected chi connectivity index (χ3v) is 4.02. The molecule has 1 heterocycles. The number of nitrogens with one attached hydrogen (secondary N) is 1. The molecule has 0 radical (unpaired) electrons. The van der Waals surface area contributed by atoms with Crippen LogP contribution in [0, 0.1) is 0 Å². The number of hydrogen-bond donors (Lipinski definition) is 1. The molecule has 1 aromatic carbocycles. The third kappa shape index (κ3) is 6.34. The van der Waals surface area contributed by atoms with E-state index < -0.39 is 11.9 Å². The van der Waals surface area contributed by atoms with Crippen LogP contribution < -0.4 is 10.1 Å². The van der Waals surface area contributed by atoms with E-state index in [0.29, 0.717) is 11.8 Å². The number of nitrogens with zero attached hydrogens (tertiary/aromatic N) is 3. The van der Waals surface area contributed by atoms with Crippen LogP contribution in [0.4, 0.5) is 0 Å². The Bertz CT molecular complexity index is 759. The Hall–Kier alpha value is -2.65. The highest BCUT2D eigenvalue weighted by atomic mass is 32.2. The van der Waals surface area contributed by atoms with Crippen molar-refractivity contribution in [3.63, 3.8) is 0 Å². The van der Waals surface area contributed by atoms with E-state index in [1.807, 2.05) is 43.3 Å². The quantitative estimate of drug-likeness (QED) is 0.333. The number of benzene rings is 1. The molecule has 1 aliphatic heterocycles. The van der Waals surface area contributed by atoms with E-state index in [1.54, 1.807) is 6.21 Å². The Morgan fingerprint density at radius 2 is 2.19 bits per heavy atom. The van der Waals surface area contributed by atoms with Gasteiger partial charge in [0.05, 0.1) is 18.2 Å². The van der Waals surface area contributed by atoms with E-state index in [4.69, 9.17) is 4.74 Å². The number of thioether (sulfide) groups is 1. The summed E-state index contributed by atoms with van der Waals surface area (Å²) in [5.41, 5.74) is 0.816. The van der Waals surface area contributed by atoms with Crippen LogP contribution in [0.1, 0.15) is 5.56 Å². The molecule has 26 heavy (non-hydrogen) atoms. The first-order valence-electron chi connectivity index (χ1n) is 7.75. The number of likely N-dealkylation sites (N-methyl/N-ethyl adjacent to an activating group) is 1. The molecule has 1 amide bonds. The van der Waals surface area contributed by atoms with E-state index in [9.17, 15) is 9.59 Å². The van der Waals surface area contributed by atoms with Crippen molar-refractivity contribution in [1.29, 1.82) is 0 Å². The highest BCUT2D eigenvalue weighted by molar-refractivity contribution is 8.18. The minimum atomic E-state index is -0.599. The van der Waals surface area contributed by atoms with Crippen molar-refractivity contribution in [3.8, 4) is 5.75 Å². The highest BCUT2D eigenvalue weighted by Gasteiger charge is 2.24. The molecule has 9 heteroatoms. The fourth-order valence-electron chi connectivity index (χ4n) is 1.82. The van der Waals surface area contributed by atoms with Gasteiger partial charge in [-0.1, -0.05) is 12.1 Å². The lowest BCUT2D eigenvalue weighted by molar-refractivity contribution is -0.135. The molecule has 0 aliphatic carbocycles. The zero-order chi connectivity index (χ0) is 18.9. The summed E-state index contributed by atoms with van der Waals surface area (Å²) >= 11 is 1.02. The normalized spacial score (nSPS) is 17.3. The van der Waals surface area contributed by atoms with E-state index in [0.717, 1.165) is 35.7 Å². The number of rotatable bonds is 7. The Balaban J connectivity index is 1.96. The summed E-state index contributed by atoms with van der Waals surface area (Å²) in [6.45, 7) is 1.41. The van der Waals surface area contributed by atoms with Crippen LogP contribution in [-0.4, -0.2) is 62.5 Å². The number of carbonyl (C=O) groups excluding carboxylic acids is 2. The number of carbonyl (C=O) groups is 2. The van der Waals surface area contributed by atoms with Gasteiger partial charge in [-0.15, -0.1) is 5.10 Å². The lowest BCUT2D eigenvalue weighted by atomic mass is 10.2. The maximum atomic E-state index is 11.7. The van der Waals surface area contributed by atoms with Gasteiger partial charge < -0.3 is 14.4 Å². The average Bonchev–Trinajstić information content (AvgIpc) is 2.94. The van der Waals surface area contributed by atoms with Crippen LogP contribution in [-0.2, 0) is 14.3 Å². The molecule has 0 spiro atoms. The molecule has 1 aromatic rings. The fraction of sp³-hybridized carbons (Fsp3) is 0.294. The molecule has 0 saturated carbocycles. The molecular formula is C17H20N4O4S. The SMILES string of the molecule is COC(=O)/C=C1/S/C(=N\N=Cc2cccc(OCCN(C)C)c2)NC1=O. The predicted molar refractivity (Wildman–Crippen MR) is 101 cm³/mol. The first-order valence-corrected chi connectivity index (χ1v) is 8.57. The first-order chi connectivity index (χ1) is 12.5. The van der Waals surface area contributed by atoms with Gasteiger partial charge in [-0.05, 0) is 43.6 Å². The highest BCUT2D eigenvalue weighted by Crippen LogP contribution is 2.23. The number of ether oxygens (including phenoxy) is 2. The molecule has 8 nitrogen and oxygen atoms in total. The van der Waals surface area contributed by atoms with E-state index in [1.165, 1.54) is 7.11 Å². The maximum absolute atomic E-state index is 11.7. The van der Waals surface area contributed by atoms with Crippen molar-refractivity contribution in [3.05, 3.63) is 40.8 Å². The number of amidine groups is 1. The fourth-order valence-corrected chi connectivity index (χ4v) is 2.56. The summed E-state index contributed by atoms with van der Waals surface area (Å²) in [5.74, 6) is -0.264. The van der Waals surface area contributed by atoms with E-state index in [-0.39, 0.29) is 4.91 Å². The van der Waals surface area contributed by atoms with Gasteiger partial charge in [-0.3, -0.25) is 10.1 Å². The lowest BCUT2D eigenvalue weighted by Gasteiger charge is -2.11. The zero-order valence-corrected chi connectivity index (χ0v) is 15.6. The third-order valence-electron chi connectivity index (χ3n) is 3.12. The second-order valence-electron chi connectivity index (χ2n) is 5.46. The summed E-state index contributed by atoms with van der Waals surface area (Å²) in [7, 11) is 5.21. The van der Waals surface area contributed by atoms with Gasteiger partial charge in [0.25, 0.3) is 5.91 Å². The molecular weight excluding hydrogens is 356 g/mol. The molecule has 0 bridgehead atoms. The van der Waals surface area contributed by atoms with Crippen molar-refractivity contribution in [2.45, 2.75) is 0 Å². The predicted octanol–water partition coefficient (Wildman–Crippen LogP) is 1.24. The van der Waals surface area contributed by atoms with Crippen LogP contribution in [0.2, 0.25) is 0 Å². The number of hydrogen-bond acceptors (Lipinski definition) is 8. The average molecular weight is 376 g/mol. The number of esters is 1. The molecule has 1 N–H and O–H groups in total. The molecule has 0 unspecified atom stereocenters. The molecule has 1 fully saturated rings. The molecule has 0 atom stereocenters. The molecule has 0 aromatic heterocycles. The summed E-state index contributed by atoms with van der Waals surface area (Å²) in [6, 6.07) is 7.45. The Morgan fingerprint density at radius 3 is 2.92 bits per heavy atom. The largest absolute Gasteiger partial charge is 0.492 e. The van der Waals surface area contributed by atoms with Crippen LogP contribution in [0.25, 0.3) is 0 Å². The van der Waals surface area contributed by atoms with Gasteiger partial charge in [0.15, 0.2) is 5.17 Å². The van der Waals surface area contributed by atoms with Gasteiger partial charge in [0, 0.05) is 12.6 Å². The first kappa shape index (κ1) is 19.7. The minimum absolute atomic E-state index is 0.210. The van der Waals surface area contributed by atoms with Crippen LogP contribution in [0.5, 0.6) is 5.75 Å². The van der Waals surface area contributed by atoms with Crippen molar-refractivity contribution < 1.29 is 19.1 Å². The van der Waals surface area contributed by atoms with Gasteiger partial charge in [-0.2, -0.15) is 5.10 Å². The zero-order valence-electron chi connectivity index (χ0n) is 14.8. The Morgan fingerprint density at radius 1 is 1.38 bits per heavy atom. The van der Waals surface area contributed by atoms with Crippen LogP contribution >= 0.6 is 11.8 Å². The Labute approximate surface area is 155 Å². The van der Waals surface area contributed by atoms with Crippen molar-refractivity contribution in [1.82, 2.24) is 10.2 Å². The summed E-state index contributed by atoms with van der Waals surface area (Å²) < 4.78 is 10.2. The van der Waals surface area contributed by atoms with Crippen molar-refractivity contribution >= 4 is 35.0 Å². The summed E-state index contributed by atoms with van der Waals surface area (Å²) in [5, 5.41) is 10.7. The molecule has 1 aliphatic rings. The van der Waals surface area contributed by atoms with Crippen molar-refractivity contribution in [2.75, 3.05) is 34.4 Å². The molecule has 138 valence electrons. The van der Waals surface area contributed by atoms with Gasteiger partial charge >= 0.3 is 5.97 Å². The molecule has 1 saturated heterocycles. The van der Waals surface area contributed by atoms with Crippen molar-refractivity contribution in [2.24, 2.45) is 10.2 Å². The van der Waals surface area contributed by atoms with Crippen LogP contribution in [0.15, 0.2) is 45.4 Å². The maximum Gasteiger partial charge on any atom is 0.331 e. The molecule has 2 rings (SSSR count). The minimum Gasteiger partial charge on any atom is -0.492 e. The van der Waals surface area contributed by atoms with Gasteiger partial charge in [-0.25, -0.2) is 4.79 Å². The summed E-state index contributed by atoms with van der Waals surface area (Å²) in [6.07, 6.45) is 2.67. The number of amides is 1. The van der Waals surface area contributed by atoms with Gasteiger partial charge in [0.1, 0.15) is 12.4 Å². The van der Waals surface area contributed by atoms with E-state index >= 15 is 0 Å². The van der Waals surface area contributed by atoms with Crippen LogP contribution in [0.3, 0.4) is 0 Å². The standard InChI is InChI=1S/C17H20N4O4S/c1-21(2)7-8-25-13-6-4-5-12(9-13)11-18-20-17-19-16(23)14(26-17)10-15(22)24-3/h4-6,9-11H,7-8H2,1-3H3,(H,19,20,23)/b14-10+,18-11?. The van der Waals surface area contributed by atoms with Gasteiger partial charge in [0.2, 0.25) is 0 Å². The van der Waals surface area contributed by atoms with E-state index in [2.05, 4.69) is 20.3 Å². The summed E-state index contributed by atoms with van der Waals surface area (Å²) in [4.78, 5) is 25.1. The smallest absolute Gasteiger partial charge is 0.331 e.